The number of rotatable bonds is 0. The minimum atomic E-state index is -0.229. The van der Waals surface area contributed by atoms with Gasteiger partial charge in [-0.1, -0.05) is 18.2 Å². The minimum Gasteiger partial charge on any atom is -0.379 e. The van der Waals surface area contributed by atoms with Gasteiger partial charge in [-0.3, -0.25) is 0 Å². The van der Waals surface area contributed by atoms with E-state index >= 15 is 0 Å². The van der Waals surface area contributed by atoms with Crippen molar-refractivity contribution in [1.82, 2.24) is 0 Å². The van der Waals surface area contributed by atoms with E-state index in [1.807, 2.05) is 18.2 Å². The van der Waals surface area contributed by atoms with Gasteiger partial charge in [-0.25, -0.2) is 4.39 Å². The molecule has 1 aliphatic rings. The molecule has 0 saturated heterocycles. The lowest BCUT2D eigenvalue weighted by Gasteiger charge is -2.08. The summed E-state index contributed by atoms with van der Waals surface area (Å²) in [5.41, 5.74) is 3.92. The lowest BCUT2D eigenvalue weighted by atomic mass is 10.2. The molecule has 0 fully saturated rings. The van der Waals surface area contributed by atoms with E-state index in [9.17, 15) is 4.39 Å². The maximum absolute atomic E-state index is 13.1. The van der Waals surface area contributed by atoms with E-state index < -0.39 is 0 Å². The van der Waals surface area contributed by atoms with E-state index in [4.69, 9.17) is 0 Å². The molecule has 1 heterocycles. The molecule has 0 aliphatic carbocycles. The SMILES string of the molecule is Fc1ccc2c(c1)Nc1ccccc1CN2. The molecule has 1 aliphatic heterocycles. The van der Waals surface area contributed by atoms with Gasteiger partial charge in [-0.15, -0.1) is 0 Å². The summed E-state index contributed by atoms with van der Waals surface area (Å²) in [6, 6.07) is 12.7. The number of hydrogen-bond acceptors (Lipinski definition) is 2. The number of halogens is 1. The first kappa shape index (κ1) is 9.21. The van der Waals surface area contributed by atoms with Crippen LogP contribution in [0, 0.1) is 5.82 Å². The van der Waals surface area contributed by atoms with Gasteiger partial charge in [0.15, 0.2) is 0 Å². The van der Waals surface area contributed by atoms with Gasteiger partial charge in [0, 0.05) is 12.2 Å². The Morgan fingerprint density at radius 3 is 2.75 bits per heavy atom. The molecule has 0 aromatic heterocycles. The fourth-order valence-corrected chi connectivity index (χ4v) is 1.91. The van der Waals surface area contributed by atoms with Gasteiger partial charge in [-0.2, -0.15) is 0 Å². The van der Waals surface area contributed by atoms with Gasteiger partial charge in [0.25, 0.3) is 0 Å². The lowest BCUT2D eigenvalue weighted by Crippen LogP contribution is -1.97. The van der Waals surface area contributed by atoms with Gasteiger partial charge < -0.3 is 10.6 Å². The predicted octanol–water partition coefficient (Wildman–Crippen LogP) is 3.49. The van der Waals surface area contributed by atoms with Crippen LogP contribution < -0.4 is 10.6 Å². The third-order valence-electron chi connectivity index (χ3n) is 2.74. The van der Waals surface area contributed by atoms with Crippen LogP contribution in [0.15, 0.2) is 42.5 Å². The Labute approximate surface area is 93.1 Å². The minimum absolute atomic E-state index is 0.229. The third kappa shape index (κ3) is 1.50. The van der Waals surface area contributed by atoms with Crippen LogP contribution in [-0.2, 0) is 6.54 Å². The van der Waals surface area contributed by atoms with Crippen LogP contribution in [0.1, 0.15) is 5.56 Å². The fraction of sp³-hybridized carbons (Fsp3) is 0.0769. The zero-order valence-electron chi connectivity index (χ0n) is 8.63. The molecule has 0 atom stereocenters. The molecule has 0 amide bonds. The summed E-state index contributed by atoms with van der Waals surface area (Å²) < 4.78 is 13.1. The largest absolute Gasteiger partial charge is 0.379 e. The molecule has 0 bridgehead atoms. The van der Waals surface area contributed by atoms with Crippen LogP contribution >= 0.6 is 0 Å². The highest BCUT2D eigenvalue weighted by atomic mass is 19.1. The highest BCUT2D eigenvalue weighted by molar-refractivity contribution is 5.77. The predicted molar refractivity (Wildman–Crippen MR) is 63.5 cm³/mol. The zero-order valence-corrected chi connectivity index (χ0v) is 8.63. The zero-order chi connectivity index (χ0) is 11.0. The van der Waals surface area contributed by atoms with Crippen LogP contribution in [0.25, 0.3) is 0 Å². The first-order valence-electron chi connectivity index (χ1n) is 5.21. The van der Waals surface area contributed by atoms with E-state index in [1.165, 1.54) is 17.7 Å². The Balaban J connectivity index is 2.10. The first-order valence-corrected chi connectivity index (χ1v) is 5.21. The van der Waals surface area contributed by atoms with Crippen molar-refractivity contribution in [2.45, 2.75) is 6.54 Å². The molecule has 0 radical (unpaired) electrons. The highest BCUT2D eigenvalue weighted by Crippen LogP contribution is 2.31. The highest BCUT2D eigenvalue weighted by Gasteiger charge is 2.11. The molecular formula is C13H11FN2. The van der Waals surface area contributed by atoms with Crippen molar-refractivity contribution in [3.8, 4) is 0 Å². The Morgan fingerprint density at radius 2 is 1.81 bits per heavy atom. The van der Waals surface area contributed by atoms with E-state index in [2.05, 4.69) is 16.7 Å². The maximum Gasteiger partial charge on any atom is 0.125 e. The van der Waals surface area contributed by atoms with Crippen molar-refractivity contribution in [3.05, 3.63) is 53.8 Å². The Kier molecular flexibility index (Phi) is 2.03. The van der Waals surface area contributed by atoms with Crippen molar-refractivity contribution < 1.29 is 4.39 Å². The summed E-state index contributed by atoms with van der Waals surface area (Å²) in [4.78, 5) is 0. The van der Waals surface area contributed by atoms with Crippen LogP contribution in [0.5, 0.6) is 0 Å². The topological polar surface area (TPSA) is 24.1 Å². The van der Waals surface area contributed by atoms with E-state index in [0.29, 0.717) is 0 Å². The number of para-hydroxylation sites is 1. The maximum atomic E-state index is 13.1. The van der Waals surface area contributed by atoms with E-state index in [0.717, 1.165) is 23.6 Å². The molecule has 3 heteroatoms. The van der Waals surface area contributed by atoms with Crippen molar-refractivity contribution in [3.63, 3.8) is 0 Å². The van der Waals surface area contributed by atoms with Crippen LogP contribution in [-0.4, -0.2) is 0 Å². The van der Waals surface area contributed by atoms with Gasteiger partial charge in [-0.05, 0) is 29.8 Å². The monoisotopic (exact) mass is 214 g/mol. The Morgan fingerprint density at radius 1 is 0.938 bits per heavy atom. The van der Waals surface area contributed by atoms with Crippen molar-refractivity contribution in [2.24, 2.45) is 0 Å². The van der Waals surface area contributed by atoms with Gasteiger partial charge >= 0.3 is 0 Å². The molecule has 2 N–H and O–H groups in total. The summed E-state index contributed by atoms with van der Waals surface area (Å²) in [7, 11) is 0. The molecule has 2 aromatic carbocycles. The van der Waals surface area contributed by atoms with Crippen molar-refractivity contribution >= 4 is 17.1 Å². The van der Waals surface area contributed by atoms with E-state index in [-0.39, 0.29) is 5.82 Å². The first-order chi connectivity index (χ1) is 7.83. The number of fused-ring (bicyclic) bond motifs is 2. The average molecular weight is 214 g/mol. The summed E-state index contributed by atoms with van der Waals surface area (Å²) in [5.74, 6) is -0.229. The van der Waals surface area contributed by atoms with Crippen molar-refractivity contribution in [1.29, 1.82) is 0 Å². The third-order valence-corrected chi connectivity index (χ3v) is 2.74. The molecule has 3 rings (SSSR count). The van der Waals surface area contributed by atoms with Crippen molar-refractivity contribution in [2.75, 3.05) is 10.6 Å². The van der Waals surface area contributed by atoms with Crippen LogP contribution in [0.2, 0.25) is 0 Å². The second-order valence-electron chi connectivity index (χ2n) is 3.83. The standard InChI is InChI=1S/C13H11FN2/c14-10-5-6-12-13(7-10)16-11-4-2-1-3-9(11)8-15-12/h1-7,15-16H,8H2. The second-order valence-corrected chi connectivity index (χ2v) is 3.83. The summed E-state index contributed by atoms with van der Waals surface area (Å²) in [6.07, 6.45) is 0. The smallest absolute Gasteiger partial charge is 0.125 e. The van der Waals surface area contributed by atoms with Gasteiger partial charge in [0.05, 0.1) is 11.4 Å². The summed E-state index contributed by atoms with van der Waals surface area (Å²) in [5, 5.41) is 6.52. The van der Waals surface area contributed by atoms with Gasteiger partial charge in [0.1, 0.15) is 5.82 Å². The number of hydrogen-bond donors (Lipinski definition) is 2. The van der Waals surface area contributed by atoms with Crippen LogP contribution in [0.3, 0.4) is 0 Å². The second kappa shape index (κ2) is 3.52. The normalized spacial score (nSPS) is 12.8. The van der Waals surface area contributed by atoms with Crippen LogP contribution in [0.4, 0.5) is 21.5 Å². The van der Waals surface area contributed by atoms with E-state index in [1.54, 1.807) is 6.07 Å². The molecular weight excluding hydrogens is 203 g/mol. The van der Waals surface area contributed by atoms with Gasteiger partial charge in [0.2, 0.25) is 0 Å². The Hall–Kier alpha value is -2.03. The average Bonchev–Trinajstić information content (AvgIpc) is 2.47. The molecule has 2 aromatic rings. The number of nitrogens with one attached hydrogen (secondary N) is 2. The molecule has 80 valence electrons. The quantitative estimate of drug-likeness (QED) is 0.701. The Bertz CT molecular complexity index is 537. The molecule has 0 spiro atoms. The molecule has 0 saturated carbocycles. The molecule has 16 heavy (non-hydrogen) atoms. The summed E-state index contributed by atoms with van der Waals surface area (Å²) in [6.45, 7) is 0.752. The lowest BCUT2D eigenvalue weighted by molar-refractivity contribution is 0.628. The number of anilines is 3. The number of benzene rings is 2. The molecule has 2 nitrogen and oxygen atoms in total. The fourth-order valence-electron chi connectivity index (χ4n) is 1.91. The summed E-state index contributed by atoms with van der Waals surface area (Å²) >= 11 is 0. The molecule has 0 unspecified atom stereocenters.